The van der Waals surface area contributed by atoms with Gasteiger partial charge in [0.2, 0.25) is 5.17 Å². The van der Waals surface area contributed by atoms with Gasteiger partial charge in [0.05, 0.1) is 12.1 Å². The number of amidine groups is 1. The van der Waals surface area contributed by atoms with Crippen molar-refractivity contribution in [2.24, 2.45) is 15.2 Å². The summed E-state index contributed by atoms with van der Waals surface area (Å²) in [6, 6.07) is 7.97. The van der Waals surface area contributed by atoms with Crippen LogP contribution in [-0.4, -0.2) is 42.5 Å². The molecule has 102 valence electrons. The van der Waals surface area contributed by atoms with Gasteiger partial charge in [0, 0.05) is 18.6 Å². The Bertz CT molecular complexity index is 492. The number of nitrogens with zero attached hydrogens (tertiary/aromatic N) is 4. The van der Waals surface area contributed by atoms with E-state index in [0.717, 1.165) is 15.7 Å². The first-order valence-corrected chi connectivity index (χ1v) is 7.67. The molecule has 0 spiro atoms. The lowest BCUT2D eigenvalue weighted by atomic mass is 10.1. The van der Waals surface area contributed by atoms with Gasteiger partial charge in [-0.2, -0.15) is 5.10 Å². The van der Waals surface area contributed by atoms with Crippen LogP contribution >= 0.6 is 27.7 Å². The minimum absolute atomic E-state index is 0.630. The molecule has 1 aromatic carbocycles. The molecule has 0 N–H and O–H groups in total. The number of thioether (sulfide) groups is 1. The molecule has 6 heteroatoms. The van der Waals surface area contributed by atoms with Crippen molar-refractivity contribution >= 4 is 44.9 Å². The third kappa shape index (κ3) is 6.02. The summed E-state index contributed by atoms with van der Waals surface area (Å²) in [6.07, 6.45) is 3.64. The van der Waals surface area contributed by atoms with Crippen LogP contribution in [0.5, 0.6) is 0 Å². The van der Waals surface area contributed by atoms with E-state index in [4.69, 9.17) is 0 Å². The van der Waals surface area contributed by atoms with Crippen molar-refractivity contribution in [2.45, 2.75) is 6.92 Å². The van der Waals surface area contributed by atoms with Crippen LogP contribution in [-0.2, 0) is 0 Å². The Kier molecular flexibility index (Phi) is 6.80. The number of benzene rings is 1. The summed E-state index contributed by atoms with van der Waals surface area (Å²) >= 11 is 4.87. The number of rotatable bonds is 3. The maximum absolute atomic E-state index is 4.22. The highest BCUT2D eigenvalue weighted by Gasteiger charge is 1.97. The van der Waals surface area contributed by atoms with Crippen molar-refractivity contribution in [3.63, 3.8) is 0 Å². The van der Waals surface area contributed by atoms with Gasteiger partial charge in [-0.3, -0.25) is 0 Å². The van der Waals surface area contributed by atoms with E-state index in [1.54, 1.807) is 6.34 Å². The normalized spacial score (nSPS) is 13.1. The number of hydrogen-bond donors (Lipinski definition) is 0. The van der Waals surface area contributed by atoms with Gasteiger partial charge >= 0.3 is 0 Å². The lowest BCUT2D eigenvalue weighted by Gasteiger charge is -2.02. The van der Waals surface area contributed by atoms with E-state index in [9.17, 15) is 0 Å². The van der Waals surface area contributed by atoms with Gasteiger partial charge in [0.25, 0.3) is 0 Å². The van der Waals surface area contributed by atoms with Crippen LogP contribution in [0.2, 0.25) is 0 Å². The van der Waals surface area contributed by atoms with Crippen LogP contribution in [0.4, 0.5) is 0 Å². The standard InChI is InChI=1S/C13H17BrN4S/c1-10(11-5-7-12(14)8-6-11)16-17-13(19-4)15-9-18(2)3/h5-9H,1-4H3/b15-9?,16-10-,17-13+. The van der Waals surface area contributed by atoms with Crippen molar-refractivity contribution < 1.29 is 0 Å². The molecule has 0 amide bonds. The van der Waals surface area contributed by atoms with E-state index in [2.05, 4.69) is 31.1 Å². The van der Waals surface area contributed by atoms with Gasteiger partial charge in [-0.25, -0.2) is 4.99 Å². The molecule has 0 saturated heterocycles. The molecular formula is C13H17BrN4S. The molecule has 0 aliphatic heterocycles. The first kappa shape index (κ1) is 15.9. The molecule has 0 radical (unpaired) electrons. The van der Waals surface area contributed by atoms with E-state index in [-0.39, 0.29) is 0 Å². The third-order valence-electron chi connectivity index (χ3n) is 2.13. The molecule has 0 aliphatic carbocycles. The molecule has 1 rings (SSSR count). The molecule has 1 aromatic rings. The quantitative estimate of drug-likeness (QED) is 0.480. The van der Waals surface area contributed by atoms with Crippen molar-refractivity contribution in [2.75, 3.05) is 20.4 Å². The molecular weight excluding hydrogens is 324 g/mol. The molecule has 0 saturated carbocycles. The van der Waals surface area contributed by atoms with Gasteiger partial charge in [0.1, 0.15) is 0 Å². The van der Waals surface area contributed by atoms with E-state index in [0.29, 0.717) is 5.17 Å². The van der Waals surface area contributed by atoms with E-state index in [1.165, 1.54) is 11.8 Å². The first-order chi connectivity index (χ1) is 9.02. The van der Waals surface area contributed by atoms with Gasteiger partial charge in [-0.1, -0.05) is 39.8 Å². The van der Waals surface area contributed by atoms with Gasteiger partial charge < -0.3 is 4.90 Å². The zero-order valence-electron chi connectivity index (χ0n) is 11.5. The third-order valence-corrected chi connectivity index (χ3v) is 3.21. The molecule has 0 heterocycles. The second-order valence-electron chi connectivity index (χ2n) is 3.99. The maximum Gasteiger partial charge on any atom is 0.210 e. The minimum atomic E-state index is 0.630. The van der Waals surface area contributed by atoms with Crippen LogP contribution in [0, 0.1) is 0 Å². The zero-order chi connectivity index (χ0) is 14.3. The van der Waals surface area contributed by atoms with Crippen molar-refractivity contribution in [1.82, 2.24) is 4.90 Å². The zero-order valence-corrected chi connectivity index (χ0v) is 13.9. The Morgan fingerprint density at radius 1 is 1.21 bits per heavy atom. The number of halogens is 1. The Morgan fingerprint density at radius 2 is 1.84 bits per heavy atom. The van der Waals surface area contributed by atoms with Crippen molar-refractivity contribution in [3.8, 4) is 0 Å². The van der Waals surface area contributed by atoms with Gasteiger partial charge in [-0.15, -0.1) is 5.10 Å². The molecule has 0 aliphatic rings. The van der Waals surface area contributed by atoms with E-state index < -0.39 is 0 Å². The molecule has 4 nitrogen and oxygen atoms in total. The van der Waals surface area contributed by atoms with Crippen molar-refractivity contribution in [1.29, 1.82) is 0 Å². The summed E-state index contributed by atoms with van der Waals surface area (Å²) in [7, 11) is 3.83. The highest BCUT2D eigenvalue weighted by molar-refractivity contribution is 9.10. The largest absolute Gasteiger partial charge is 0.369 e. The summed E-state index contributed by atoms with van der Waals surface area (Å²) < 4.78 is 1.05. The van der Waals surface area contributed by atoms with Crippen LogP contribution in [0.25, 0.3) is 0 Å². The summed E-state index contributed by atoms with van der Waals surface area (Å²) in [4.78, 5) is 6.08. The van der Waals surface area contributed by atoms with Crippen LogP contribution < -0.4 is 0 Å². The monoisotopic (exact) mass is 340 g/mol. The average molecular weight is 341 g/mol. The Morgan fingerprint density at radius 3 is 2.37 bits per heavy atom. The number of aliphatic imine (C=N–C) groups is 1. The highest BCUT2D eigenvalue weighted by atomic mass is 79.9. The highest BCUT2D eigenvalue weighted by Crippen LogP contribution is 2.11. The molecule has 19 heavy (non-hydrogen) atoms. The van der Waals surface area contributed by atoms with Gasteiger partial charge in [-0.05, 0) is 30.9 Å². The predicted molar refractivity (Wildman–Crippen MR) is 89.5 cm³/mol. The predicted octanol–water partition coefficient (Wildman–Crippen LogP) is 3.48. The number of hydrogen-bond acceptors (Lipinski definition) is 3. The maximum atomic E-state index is 4.22. The lowest BCUT2D eigenvalue weighted by molar-refractivity contribution is 0.644. The van der Waals surface area contributed by atoms with Crippen LogP contribution in [0.3, 0.4) is 0 Å². The van der Waals surface area contributed by atoms with Crippen LogP contribution in [0.1, 0.15) is 12.5 Å². The SMILES string of the molecule is CS/C(N=CN(C)C)=N/N=C(/C)c1ccc(Br)cc1. The molecule has 0 fully saturated rings. The van der Waals surface area contributed by atoms with Crippen molar-refractivity contribution in [3.05, 3.63) is 34.3 Å². The topological polar surface area (TPSA) is 40.3 Å². The summed E-state index contributed by atoms with van der Waals surface area (Å²) in [5, 5.41) is 8.98. The molecule has 0 aromatic heterocycles. The summed E-state index contributed by atoms with van der Waals surface area (Å²) in [5.41, 5.74) is 1.91. The molecule has 0 atom stereocenters. The van der Waals surface area contributed by atoms with E-state index in [1.807, 2.05) is 56.4 Å². The summed E-state index contributed by atoms with van der Waals surface area (Å²) in [6.45, 7) is 1.93. The average Bonchev–Trinajstić information content (AvgIpc) is 2.39. The second kappa shape index (κ2) is 8.12. The van der Waals surface area contributed by atoms with Gasteiger partial charge in [0.15, 0.2) is 0 Å². The Hall–Kier alpha value is -1.14. The Balaban J connectivity index is 2.85. The fourth-order valence-corrected chi connectivity index (χ4v) is 1.69. The van der Waals surface area contributed by atoms with E-state index >= 15 is 0 Å². The second-order valence-corrected chi connectivity index (χ2v) is 5.68. The smallest absolute Gasteiger partial charge is 0.210 e. The lowest BCUT2D eigenvalue weighted by Crippen LogP contribution is -2.08. The molecule has 0 bridgehead atoms. The Labute approximate surface area is 126 Å². The fraction of sp³-hybridized carbons (Fsp3) is 0.308. The minimum Gasteiger partial charge on any atom is -0.369 e. The fourth-order valence-electron chi connectivity index (χ4n) is 1.15. The van der Waals surface area contributed by atoms with Crippen LogP contribution in [0.15, 0.2) is 43.9 Å². The first-order valence-electron chi connectivity index (χ1n) is 5.65. The summed E-state index contributed by atoms with van der Waals surface area (Å²) in [5.74, 6) is 0. The molecule has 0 unspecified atom stereocenters.